The summed E-state index contributed by atoms with van der Waals surface area (Å²) in [7, 11) is -0.749. The normalized spacial score (nSPS) is 18.1. The van der Waals surface area contributed by atoms with Gasteiger partial charge in [0.15, 0.2) is 0 Å². The van der Waals surface area contributed by atoms with Crippen molar-refractivity contribution < 1.29 is 21.0 Å². The third-order valence-corrected chi connectivity index (χ3v) is 12.3. The number of hydrogen-bond acceptors (Lipinski definition) is 8. The maximum absolute atomic E-state index is 14.3. The molecule has 0 spiro atoms. The Morgan fingerprint density at radius 3 is 1.83 bits per heavy atom. The highest BCUT2D eigenvalue weighted by Gasteiger charge is 2.46. The fraction of sp³-hybridized carbons (Fsp3) is 0.265. The summed E-state index contributed by atoms with van der Waals surface area (Å²) in [4.78, 5) is 17.8. The molecule has 5 aromatic rings. The predicted molar refractivity (Wildman–Crippen MR) is 180 cm³/mol. The second-order valence-corrected chi connectivity index (χ2v) is 15.7. The molecule has 12 heteroatoms. The Morgan fingerprint density at radius 1 is 0.674 bits per heavy atom. The first kappa shape index (κ1) is 30.3. The standard InChI is InChI=1S/C34H34N4O6S2/c1-35(2)27-13-5-11-25-23(27)9-7-15-32(25)45(40,41)38-21-22-19-30(38)29-17-18-31(34(39)37(29)20-22)44-46(42,43)33-16-8-10-24-26(33)12-6-14-28(24)36(3)4/h5-18,22,30H,19-21H2,1-4H3/t22-,30+/m0/s1. The van der Waals surface area contributed by atoms with E-state index in [1.165, 1.54) is 21.0 Å². The summed E-state index contributed by atoms with van der Waals surface area (Å²) in [5, 5.41) is 2.69. The van der Waals surface area contributed by atoms with Crippen LogP contribution in [0.5, 0.6) is 5.75 Å². The van der Waals surface area contributed by atoms with E-state index >= 15 is 0 Å². The van der Waals surface area contributed by atoms with Crippen LogP contribution in [-0.4, -0.2) is 60.4 Å². The van der Waals surface area contributed by atoms with Crippen molar-refractivity contribution in [2.24, 2.45) is 5.92 Å². The van der Waals surface area contributed by atoms with Gasteiger partial charge in [0.2, 0.25) is 15.8 Å². The zero-order chi connectivity index (χ0) is 32.5. The second-order valence-electron chi connectivity index (χ2n) is 12.3. The highest BCUT2D eigenvalue weighted by atomic mass is 32.2. The van der Waals surface area contributed by atoms with Crippen LogP contribution in [0.2, 0.25) is 0 Å². The van der Waals surface area contributed by atoms with Crippen molar-refractivity contribution in [1.82, 2.24) is 8.87 Å². The lowest BCUT2D eigenvalue weighted by Crippen LogP contribution is -2.34. The number of hydrogen-bond donors (Lipinski definition) is 0. The summed E-state index contributed by atoms with van der Waals surface area (Å²) in [6.45, 7) is 0.505. The molecule has 1 aromatic heterocycles. The third kappa shape index (κ3) is 4.74. The summed E-state index contributed by atoms with van der Waals surface area (Å²) in [5.74, 6) is -0.447. The van der Waals surface area contributed by atoms with Gasteiger partial charge in [0, 0.05) is 79.9 Å². The molecule has 2 atom stereocenters. The minimum Gasteiger partial charge on any atom is -0.377 e. The molecule has 1 fully saturated rings. The molecule has 2 bridgehead atoms. The van der Waals surface area contributed by atoms with E-state index in [4.69, 9.17) is 4.18 Å². The van der Waals surface area contributed by atoms with Crippen molar-refractivity contribution >= 4 is 53.1 Å². The minimum atomic E-state index is -4.39. The molecule has 10 nitrogen and oxygen atoms in total. The van der Waals surface area contributed by atoms with Gasteiger partial charge in [-0.05, 0) is 48.7 Å². The summed E-state index contributed by atoms with van der Waals surface area (Å²) >= 11 is 0. The van der Waals surface area contributed by atoms with Crippen LogP contribution in [0.1, 0.15) is 18.2 Å². The van der Waals surface area contributed by atoms with Crippen molar-refractivity contribution in [2.45, 2.75) is 28.8 Å². The lowest BCUT2D eigenvalue weighted by molar-refractivity contribution is 0.368. The van der Waals surface area contributed by atoms with Gasteiger partial charge in [-0.25, -0.2) is 8.42 Å². The number of benzene rings is 4. The Labute approximate surface area is 268 Å². The zero-order valence-electron chi connectivity index (χ0n) is 25.9. The van der Waals surface area contributed by atoms with Crippen LogP contribution in [0.15, 0.2) is 99.5 Å². The number of rotatable bonds is 7. The number of aromatic nitrogens is 1. The van der Waals surface area contributed by atoms with Crippen LogP contribution in [0.25, 0.3) is 21.5 Å². The van der Waals surface area contributed by atoms with Crippen LogP contribution >= 0.6 is 0 Å². The number of anilines is 2. The van der Waals surface area contributed by atoms with Crippen LogP contribution < -0.4 is 19.5 Å². The summed E-state index contributed by atoms with van der Waals surface area (Å²) in [6.07, 6.45) is 0.565. The van der Waals surface area contributed by atoms with Crippen molar-refractivity contribution in [1.29, 1.82) is 0 Å². The zero-order valence-corrected chi connectivity index (χ0v) is 27.5. The lowest BCUT2D eigenvalue weighted by Gasteiger charge is -2.28. The van der Waals surface area contributed by atoms with Gasteiger partial charge in [0.1, 0.15) is 4.90 Å². The summed E-state index contributed by atoms with van der Waals surface area (Å²) in [5.41, 5.74) is 1.67. The SMILES string of the molecule is CN(C)c1cccc2c(S(=O)(=O)Oc3ccc4n(c3=O)C[C@@H]3C[C@H]4N(S(=O)(=O)c4cccc5c(N(C)C)cccc45)C3)cccc12. The molecule has 0 radical (unpaired) electrons. The molecule has 0 saturated carbocycles. The van der Waals surface area contributed by atoms with Crippen LogP contribution in [0, 0.1) is 5.92 Å². The van der Waals surface area contributed by atoms with E-state index in [9.17, 15) is 21.6 Å². The topological polar surface area (TPSA) is 109 Å². The first-order valence-corrected chi connectivity index (χ1v) is 17.8. The van der Waals surface area contributed by atoms with Gasteiger partial charge >= 0.3 is 10.1 Å². The highest BCUT2D eigenvalue weighted by Crippen LogP contribution is 2.44. The summed E-state index contributed by atoms with van der Waals surface area (Å²) < 4.78 is 64.2. The van der Waals surface area contributed by atoms with Crippen molar-refractivity contribution in [3.63, 3.8) is 0 Å². The van der Waals surface area contributed by atoms with Crippen molar-refractivity contribution in [3.05, 3.63) is 101 Å². The predicted octanol–water partition coefficient (Wildman–Crippen LogP) is 4.82. The van der Waals surface area contributed by atoms with E-state index in [2.05, 4.69) is 0 Å². The number of sulfonamides is 1. The largest absolute Gasteiger partial charge is 0.377 e. The molecule has 2 aliphatic heterocycles. The quantitative estimate of drug-likeness (QED) is 0.229. The van der Waals surface area contributed by atoms with E-state index in [0.29, 0.717) is 22.9 Å². The minimum absolute atomic E-state index is 0.0410. The number of nitrogens with zero attached hydrogens (tertiary/aromatic N) is 4. The molecule has 0 aliphatic carbocycles. The van der Waals surface area contributed by atoms with E-state index in [1.807, 2.05) is 74.4 Å². The second kappa shape index (κ2) is 10.9. The first-order chi connectivity index (χ1) is 21.9. The van der Waals surface area contributed by atoms with Gasteiger partial charge in [0.05, 0.1) is 10.9 Å². The molecule has 238 valence electrons. The van der Waals surface area contributed by atoms with Crippen LogP contribution in [0.4, 0.5) is 11.4 Å². The van der Waals surface area contributed by atoms with Crippen LogP contribution in [-0.2, 0) is 26.7 Å². The Bertz CT molecular complexity index is 2320. The van der Waals surface area contributed by atoms with E-state index in [-0.39, 0.29) is 34.5 Å². The van der Waals surface area contributed by atoms with Gasteiger partial charge in [-0.3, -0.25) is 4.79 Å². The molecule has 4 aromatic carbocycles. The Morgan fingerprint density at radius 2 is 1.22 bits per heavy atom. The smallest absolute Gasteiger partial charge is 0.340 e. The number of fused-ring (bicyclic) bond motifs is 6. The monoisotopic (exact) mass is 658 g/mol. The fourth-order valence-corrected chi connectivity index (χ4v) is 10.0. The fourth-order valence-electron chi connectivity index (χ4n) is 6.97. The first-order valence-electron chi connectivity index (χ1n) is 15.0. The maximum Gasteiger partial charge on any atom is 0.340 e. The van der Waals surface area contributed by atoms with Gasteiger partial charge in [0.25, 0.3) is 5.56 Å². The molecule has 7 rings (SSSR count). The average molecular weight is 659 g/mol. The van der Waals surface area contributed by atoms with Gasteiger partial charge < -0.3 is 18.6 Å². The van der Waals surface area contributed by atoms with Crippen molar-refractivity contribution in [3.8, 4) is 5.75 Å². The maximum atomic E-state index is 14.3. The van der Waals surface area contributed by atoms with Gasteiger partial charge in [-0.1, -0.05) is 48.5 Å². The Balaban J connectivity index is 1.25. The molecule has 46 heavy (non-hydrogen) atoms. The average Bonchev–Trinajstić information content (AvgIpc) is 3.39. The van der Waals surface area contributed by atoms with Gasteiger partial charge in [-0.15, -0.1) is 0 Å². The Hall–Kier alpha value is -4.39. The Kier molecular flexibility index (Phi) is 7.14. The van der Waals surface area contributed by atoms with E-state index in [0.717, 1.165) is 22.1 Å². The highest BCUT2D eigenvalue weighted by molar-refractivity contribution is 7.89. The third-order valence-electron chi connectivity index (χ3n) is 9.03. The van der Waals surface area contributed by atoms with Crippen LogP contribution in [0.3, 0.4) is 0 Å². The van der Waals surface area contributed by atoms with E-state index in [1.54, 1.807) is 36.4 Å². The molecule has 0 unspecified atom stereocenters. The lowest BCUT2D eigenvalue weighted by atomic mass is 9.98. The molecule has 2 aliphatic rings. The molecule has 3 heterocycles. The summed E-state index contributed by atoms with van der Waals surface area (Å²) in [6, 6.07) is 23.6. The molecule has 0 amide bonds. The number of pyridine rings is 1. The molecular formula is C34H34N4O6S2. The van der Waals surface area contributed by atoms with Crippen molar-refractivity contribution in [2.75, 3.05) is 44.5 Å². The molecule has 0 N–H and O–H groups in total. The molecule has 1 saturated heterocycles. The van der Waals surface area contributed by atoms with E-state index < -0.39 is 31.7 Å². The molecular weight excluding hydrogens is 625 g/mol. The van der Waals surface area contributed by atoms with Gasteiger partial charge in [-0.2, -0.15) is 12.7 Å².